The number of hydrogen-bond donors (Lipinski definition) is 1. The summed E-state index contributed by atoms with van der Waals surface area (Å²) in [5, 5.41) is 0. The highest BCUT2D eigenvalue weighted by Crippen LogP contribution is 2.32. The Kier molecular flexibility index (Phi) is 3.20. The van der Waals surface area contributed by atoms with Crippen LogP contribution in [-0.4, -0.2) is 17.3 Å². The van der Waals surface area contributed by atoms with Crippen LogP contribution in [0.25, 0.3) is 0 Å². The highest BCUT2D eigenvalue weighted by molar-refractivity contribution is 5.32. The molecule has 3 atom stereocenters. The van der Waals surface area contributed by atoms with Gasteiger partial charge in [-0.25, -0.2) is 0 Å². The summed E-state index contributed by atoms with van der Waals surface area (Å²) >= 11 is 0. The van der Waals surface area contributed by atoms with E-state index in [4.69, 9.17) is 10.5 Å². The maximum absolute atomic E-state index is 6.23. The van der Waals surface area contributed by atoms with Crippen LogP contribution >= 0.6 is 0 Å². The van der Waals surface area contributed by atoms with Gasteiger partial charge in [0.25, 0.3) is 0 Å². The second kappa shape index (κ2) is 4.71. The second-order valence-electron chi connectivity index (χ2n) is 5.92. The lowest BCUT2D eigenvalue weighted by Crippen LogP contribution is -2.22. The molecular formula is C15H24N2O. The Morgan fingerprint density at radius 2 is 2.28 bits per heavy atom. The van der Waals surface area contributed by atoms with Gasteiger partial charge in [-0.1, -0.05) is 0 Å². The number of aromatic nitrogens is 1. The molecule has 2 heterocycles. The largest absolute Gasteiger partial charge is 0.378 e. The molecule has 0 spiro atoms. The van der Waals surface area contributed by atoms with E-state index >= 15 is 0 Å². The zero-order valence-corrected chi connectivity index (χ0v) is 11.5. The molecule has 100 valence electrons. The minimum absolute atomic E-state index is 0.256. The molecule has 1 aliphatic heterocycles. The van der Waals surface area contributed by atoms with Crippen molar-refractivity contribution in [3.05, 3.63) is 23.0 Å². The van der Waals surface area contributed by atoms with Gasteiger partial charge in [-0.2, -0.15) is 0 Å². The molecule has 1 aromatic heterocycles. The summed E-state index contributed by atoms with van der Waals surface area (Å²) in [5.41, 5.74) is 10.5. The zero-order chi connectivity index (χ0) is 12.7. The number of aryl methyl sites for hydroxylation is 1. The Hall–Kier alpha value is -0.800. The normalized spacial score (nSPS) is 31.6. The first-order valence-corrected chi connectivity index (χ1v) is 7.23. The van der Waals surface area contributed by atoms with Crippen LogP contribution in [-0.2, 0) is 17.7 Å². The highest BCUT2D eigenvalue weighted by atomic mass is 16.5. The van der Waals surface area contributed by atoms with E-state index < -0.39 is 0 Å². The molecule has 2 N–H and O–H groups in total. The average molecular weight is 248 g/mol. The van der Waals surface area contributed by atoms with Gasteiger partial charge < -0.3 is 15.0 Å². The molecule has 0 amide bonds. The summed E-state index contributed by atoms with van der Waals surface area (Å²) in [6.07, 6.45) is 5.16. The first-order chi connectivity index (χ1) is 8.66. The van der Waals surface area contributed by atoms with Crippen LogP contribution in [0.3, 0.4) is 0 Å². The van der Waals surface area contributed by atoms with Gasteiger partial charge in [0.15, 0.2) is 0 Å². The third-order valence-electron chi connectivity index (χ3n) is 4.73. The molecule has 0 bridgehead atoms. The van der Waals surface area contributed by atoms with Crippen molar-refractivity contribution in [1.29, 1.82) is 0 Å². The van der Waals surface area contributed by atoms with Gasteiger partial charge in [-0.15, -0.1) is 0 Å². The van der Waals surface area contributed by atoms with Crippen molar-refractivity contribution < 1.29 is 4.74 Å². The monoisotopic (exact) mass is 248 g/mol. The van der Waals surface area contributed by atoms with Gasteiger partial charge in [0.05, 0.1) is 6.10 Å². The van der Waals surface area contributed by atoms with Crippen LogP contribution in [0.5, 0.6) is 0 Å². The molecule has 0 saturated carbocycles. The number of fused-ring (bicyclic) bond motifs is 1. The Labute approximate surface area is 109 Å². The van der Waals surface area contributed by atoms with E-state index in [1.54, 1.807) is 0 Å². The molecule has 18 heavy (non-hydrogen) atoms. The van der Waals surface area contributed by atoms with E-state index in [-0.39, 0.29) is 6.04 Å². The molecule has 0 aromatic carbocycles. The minimum atomic E-state index is 0.256. The molecule has 3 rings (SSSR count). The first-order valence-electron chi connectivity index (χ1n) is 7.23. The van der Waals surface area contributed by atoms with Crippen molar-refractivity contribution in [1.82, 2.24) is 4.57 Å². The standard InChI is InChI=1S/C15H24N2O/c1-10-8-13-14(16)4-3-5-15(13)17(10)9-12-6-7-18-11(12)2/h8,11-12,14H,3-7,9,16H2,1-2H3. The summed E-state index contributed by atoms with van der Waals surface area (Å²) < 4.78 is 8.19. The van der Waals surface area contributed by atoms with Crippen LogP contribution in [0.15, 0.2) is 6.07 Å². The van der Waals surface area contributed by atoms with Crippen molar-refractivity contribution in [2.24, 2.45) is 11.7 Å². The summed E-state index contributed by atoms with van der Waals surface area (Å²) in [6, 6.07) is 2.56. The van der Waals surface area contributed by atoms with E-state index in [1.165, 1.54) is 36.2 Å². The molecule has 1 saturated heterocycles. The number of ether oxygens (including phenoxy) is 1. The van der Waals surface area contributed by atoms with Gasteiger partial charge in [0.2, 0.25) is 0 Å². The van der Waals surface area contributed by atoms with Crippen molar-refractivity contribution in [3.63, 3.8) is 0 Å². The number of hydrogen-bond acceptors (Lipinski definition) is 2. The fourth-order valence-corrected chi connectivity index (χ4v) is 3.50. The molecule has 1 aromatic rings. The molecule has 1 fully saturated rings. The third kappa shape index (κ3) is 1.99. The summed E-state index contributed by atoms with van der Waals surface area (Å²) in [4.78, 5) is 0. The van der Waals surface area contributed by atoms with E-state index in [0.717, 1.165) is 19.6 Å². The second-order valence-corrected chi connectivity index (χ2v) is 5.92. The van der Waals surface area contributed by atoms with Crippen molar-refractivity contribution in [2.45, 2.75) is 58.2 Å². The fourth-order valence-electron chi connectivity index (χ4n) is 3.50. The highest BCUT2D eigenvalue weighted by Gasteiger charge is 2.28. The van der Waals surface area contributed by atoms with Crippen LogP contribution in [0.2, 0.25) is 0 Å². The topological polar surface area (TPSA) is 40.2 Å². The van der Waals surface area contributed by atoms with Crippen molar-refractivity contribution in [2.75, 3.05) is 6.61 Å². The summed E-state index contributed by atoms with van der Waals surface area (Å²) in [5.74, 6) is 0.665. The lowest BCUT2D eigenvalue weighted by Gasteiger charge is -2.23. The number of nitrogens with zero attached hydrogens (tertiary/aromatic N) is 1. The fraction of sp³-hybridized carbons (Fsp3) is 0.733. The van der Waals surface area contributed by atoms with Crippen LogP contribution in [0, 0.1) is 12.8 Å². The van der Waals surface area contributed by atoms with Crippen LogP contribution < -0.4 is 5.73 Å². The summed E-state index contributed by atoms with van der Waals surface area (Å²) in [6.45, 7) is 6.45. The average Bonchev–Trinajstić information content (AvgIpc) is 2.87. The quantitative estimate of drug-likeness (QED) is 0.873. The van der Waals surface area contributed by atoms with Gasteiger partial charge in [-0.05, 0) is 51.2 Å². The first kappa shape index (κ1) is 12.2. The molecule has 3 unspecified atom stereocenters. The molecule has 0 radical (unpaired) electrons. The molecular weight excluding hydrogens is 224 g/mol. The van der Waals surface area contributed by atoms with Crippen LogP contribution in [0.4, 0.5) is 0 Å². The van der Waals surface area contributed by atoms with E-state index in [0.29, 0.717) is 12.0 Å². The molecule has 3 nitrogen and oxygen atoms in total. The lowest BCUT2D eigenvalue weighted by atomic mass is 9.93. The Morgan fingerprint density at radius 1 is 1.44 bits per heavy atom. The third-order valence-corrected chi connectivity index (χ3v) is 4.73. The van der Waals surface area contributed by atoms with Crippen LogP contribution in [0.1, 0.15) is 49.2 Å². The van der Waals surface area contributed by atoms with Gasteiger partial charge in [-0.3, -0.25) is 0 Å². The molecule has 1 aliphatic carbocycles. The maximum atomic E-state index is 6.23. The maximum Gasteiger partial charge on any atom is 0.0593 e. The lowest BCUT2D eigenvalue weighted by molar-refractivity contribution is 0.101. The number of rotatable bonds is 2. The van der Waals surface area contributed by atoms with E-state index in [2.05, 4.69) is 24.5 Å². The predicted octanol–water partition coefficient (Wildman–Crippen LogP) is 2.56. The van der Waals surface area contributed by atoms with E-state index in [1.807, 2.05) is 0 Å². The zero-order valence-electron chi connectivity index (χ0n) is 11.5. The van der Waals surface area contributed by atoms with Gasteiger partial charge in [0.1, 0.15) is 0 Å². The minimum Gasteiger partial charge on any atom is -0.378 e. The Bertz CT molecular complexity index is 438. The van der Waals surface area contributed by atoms with Crippen molar-refractivity contribution in [3.8, 4) is 0 Å². The smallest absolute Gasteiger partial charge is 0.0593 e. The SMILES string of the molecule is Cc1cc2c(n1CC1CCOC1C)CCCC2N. The van der Waals surface area contributed by atoms with Crippen molar-refractivity contribution >= 4 is 0 Å². The number of nitrogens with two attached hydrogens (primary N) is 1. The van der Waals surface area contributed by atoms with E-state index in [9.17, 15) is 0 Å². The van der Waals surface area contributed by atoms with Gasteiger partial charge in [0, 0.05) is 36.5 Å². The molecule has 3 heteroatoms. The summed E-state index contributed by atoms with van der Waals surface area (Å²) in [7, 11) is 0. The molecule has 2 aliphatic rings. The Morgan fingerprint density at radius 3 is 3.00 bits per heavy atom. The van der Waals surface area contributed by atoms with Gasteiger partial charge >= 0.3 is 0 Å². The predicted molar refractivity (Wildman–Crippen MR) is 72.6 cm³/mol. The Balaban J connectivity index is 1.87.